The number of nitrogens with zero attached hydrogens (tertiary/aromatic N) is 7. The number of fused-ring (bicyclic) bond motifs is 1. The van der Waals surface area contributed by atoms with E-state index in [2.05, 4.69) is 58.4 Å². The van der Waals surface area contributed by atoms with Crippen molar-refractivity contribution in [1.29, 1.82) is 0 Å². The SMILES string of the molecule is CCOC(=O)c1nc(N(C)c2cc(C3CC3)c(N=c3sc4ccccc4n3COCC[Si](C)(C)C)nn2)sc1CCCOc1ccc(C#CCN(C)C)cc1F. The van der Waals surface area contributed by atoms with E-state index in [0.717, 1.165) is 44.3 Å². The molecule has 0 N–H and O–H groups in total. The fourth-order valence-electron chi connectivity index (χ4n) is 5.71. The molecule has 1 aliphatic rings. The second kappa shape index (κ2) is 18.7. The number of benzene rings is 2. The number of ether oxygens (including phenoxy) is 3. The quantitative estimate of drug-likeness (QED) is 0.0396. The van der Waals surface area contributed by atoms with E-state index in [1.54, 1.807) is 30.4 Å². The van der Waals surface area contributed by atoms with Crippen molar-refractivity contribution in [3.05, 3.63) is 80.8 Å². The Morgan fingerprint density at radius 1 is 1.07 bits per heavy atom. The van der Waals surface area contributed by atoms with Crippen LogP contribution in [0, 0.1) is 17.7 Å². The zero-order chi connectivity index (χ0) is 39.8. The molecule has 0 unspecified atom stereocenters. The van der Waals surface area contributed by atoms with E-state index >= 15 is 0 Å². The van der Waals surface area contributed by atoms with Gasteiger partial charge in [0.25, 0.3) is 0 Å². The van der Waals surface area contributed by atoms with Gasteiger partial charge < -0.3 is 19.1 Å². The van der Waals surface area contributed by atoms with Crippen LogP contribution in [0.3, 0.4) is 0 Å². The topological polar surface area (TPSA) is 107 Å². The van der Waals surface area contributed by atoms with Gasteiger partial charge in [0.1, 0.15) is 6.73 Å². The summed E-state index contributed by atoms with van der Waals surface area (Å²) in [5.41, 5.74) is 2.96. The third-order valence-electron chi connectivity index (χ3n) is 8.96. The van der Waals surface area contributed by atoms with Gasteiger partial charge in [-0.25, -0.2) is 14.2 Å². The zero-order valence-corrected chi connectivity index (χ0v) is 35.9. The van der Waals surface area contributed by atoms with Crippen molar-refractivity contribution in [2.75, 3.05) is 52.4 Å². The molecule has 3 heterocycles. The minimum absolute atomic E-state index is 0.159. The number of hydrogen-bond donors (Lipinski definition) is 0. The lowest BCUT2D eigenvalue weighted by Crippen LogP contribution is -2.23. The molecule has 56 heavy (non-hydrogen) atoms. The number of esters is 1. The number of para-hydroxylation sites is 1. The number of halogens is 1. The maximum absolute atomic E-state index is 14.8. The molecule has 11 nitrogen and oxygen atoms in total. The third kappa shape index (κ3) is 10.9. The first kappa shape index (κ1) is 41.2. The Bertz CT molecular complexity index is 2280. The number of carbonyl (C=O) groups excluding carboxylic acids is 1. The Morgan fingerprint density at radius 2 is 1.88 bits per heavy atom. The van der Waals surface area contributed by atoms with E-state index in [-0.39, 0.29) is 24.7 Å². The lowest BCUT2D eigenvalue weighted by atomic mass is 10.2. The predicted molar refractivity (Wildman–Crippen MR) is 225 cm³/mol. The molecule has 0 bridgehead atoms. The van der Waals surface area contributed by atoms with Crippen LogP contribution in [0.5, 0.6) is 5.75 Å². The Hall–Kier alpha value is -4.46. The molecule has 2 aromatic carbocycles. The Labute approximate surface area is 337 Å². The average molecular weight is 816 g/mol. The third-order valence-corrected chi connectivity index (χ3v) is 12.9. The first-order valence-corrected chi connectivity index (χ1v) is 24.3. The molecule has 1 saturated carbocycles. The highest BCUT2D eigenvalue weighted by Crippen LogP contribution is 2.45. The normalized spacial score (nSPS) is 13.3. The smallest absolute Gasteiger partial charge is 0.358 e. The highest BCUT2D eigenvalue weighted by atomic mass is 32.1. The maximum atomic E-state index is 14.8. The summed E-state index contributed by atoms with van der Waals surface area (Å²) < 4.78 is 35.3. The fourth-order valence-corrected chi connectivity index (χ4v) is 8.55. The van der Waals surface area contributed by atoms with Crippen LogP contribution >= 0.6 is 22.7 Å². The molecule has 1 aliphatic carbocycles. The van der Waals surface area contributed by atoms with Gasteiger partial charge in [-0.2, -0.15) is 4.99 Å². The Kier molecular flexibility index (Phi) is 13.7. The summed E-state index contributed by atoms with van der Waals surface area (Å²) in [7, 11) is 4.50. The number of aromatic nitrogens is 4. The maximum Gasteiger partial charge on any atom is 0.358 e. The summed E-state index contributed by atoms with van der Waals surface area (Å²) in [6.45, 7) is 11.0. The van der Waals surface area contributed by atoms with Crippen molar-refractivity contribution in [3.8, 4) is 17.6 Å². The zero-order valence-electron chi connectivity index (χ0n) is 33.2. The van der Waals surface area contributed by atoms with Crippen molar-refractivity contribution in [3.63, 3.8) is 0 Å². The first-order chi connectivity index (χ1) is 26.9. The van der Waals surface area contributed by atoms with Crippen LogP contribution < -0.4 is 14.4 Å². The number of carbonyl (C=O) groups is 1. The van der Waals surface area contributed by atoms with Crippen LogP contribution in [0.25, 0.3) is 10.2 Å². The van der Waals surface area contributed by atoms with Crippen LogP contribution in [0.4, 0.5) is 21.2 Å². The molecule has 1 fully saturated rings. The van der Waals surface area contributed by atoms with Crippen molar-refractivity contribution in [2.24, 2.45) is 4.99 Å². The second-order valence-electron chi connectivity index (χ2n) is 15.2. The van der Waals surface area contributed by atoms with Crippen LogP contribution in [-0.2, 0) is 22.6 Å². The van der Waals surface area contributed by atoms with Gasteiger partial charge in [-0.1, -0.05) is 55.0 Å². The van der Waals surface area contributed by atoms with Crippen molar-refractivity contribution < 1.29 is 23.4 Å². The number of rotatable bonds is 17. The minimum atomic E-state index is -1.22. The van der Waals surface area contributed by atoms with Gasteiger partial charge in [-0.05, 0) is 95.1 Å². The van der Waals surface area contributed by atoms with E-state index in [9.17, 15) is 9.18 Å². The summed E-state index contributed by atoms with van der Waals surface area (Å²) in [5.74, 6) is 6.72. The molecule has 0 aliphatic heterocycles. The highest BCUT2D eigenvalue weighted by molar-refractivity contribution is 7.16. The molecular formula is C41H50FN7O4S2Si. The predicted octanol–water partition coefficient (Wildman–Crippen LogP) is 8.38. The van der Waals surface area contributed by atoms with E-state index in [0.29, 0.717) is 61.0 Å². The lowest BCUT2D eigenvalue weighted by molar-refractivity contribution is 0.0519. The summed E-state index contributed by atoms with van der Waals surface area (Å²) in [6.07, 6.45) is 3.13. The molecule has 3 aromatic heterocycles. The van der Waals surface area contributed by atoms with Crippen LogP contribution in [0.15, 0.2) is 53.5 Å². The van der Waals surface area contributed by atoms with E-state index in [1.165, 1.54) is 17.4 Å². The molecule has 0 atom stereocenters. The van der Waals surface area contributed by atoms with Gasteiger partial charge in [0.05, 0.1) is 30.0 Å². The number of aryl methyl sites for hydroxylation is 1. The summed E-state index contributed by atoms with van der Waals surface area (Å²) in [5, 5.41) is 9.86. The van der Waals surface area contributed by atoms with Crippen LogP contribution in [0.2, 0.25) is 25.7 Å². The Balaban J connectivity index is 1.19. The molecule has 0 spiro atoms. The molecule has 0 radical (unpaired) electrons. The fraction of sp³-hybridized carbons (Fsp3) is 0.439. The van der Waals surface area contributed by atoms with Gasteiger partial charge in [0.2, 0.25) is 0 Å². The van der Waals surface area contributed by atoms with Crippen molar-refractivity contribution in [2.45, 2.75) is 70.9 Å². The number of anilines is 2. The molecule has 5 aromatic rings. The Morgan fingerprint density at radius 3 is 2.61 bits per heavy atom. The van der Waals surface area contributed by atoms with Crippen LogP contribution in [0.1, 0.15) is 58.6 Å². The summed E-state index contributed by atoms with van der Waals surface area (Å²) >= 11 is 3.00. The van der Waals surface area contributed by atoms with E-state index in [1.807, 2.05) is 49.1 Å². The standard InChI is InChI=1S/C41H50FN7O4S2Si/c1-8-52-39(50)37-35(16-12-22-53-33-20-17-28(25-31(33)42)13-11-21-47(2)3)55-40(43-37)48(4)36-26-30(29-18-19-29)38(46-45-36)44-41-49(27-51-23-24-56(5,6)7)32-14-9-10-15-34(32)54-41/h9-10,14-15,17,20,25-26,29H,8,12,16,18-19,21-24,27H2,1-7H3. The van der Waals surface area contributed by atoms with Gasteiger partial charge in [0.15, 0.2) is 38.8 Å². The lowest BCUT2D eigenvalue weighted by Gasteiger charge is -2.16. The monoisotopic (exact) mass is 815 g/mol. The molecular weight excluding hydrogens is 766 g/mol. The number of thiazole rings is 2. The first-order valence-electron chi connectivity index (χ1n) is 18.9. The van der Waals surface area contributed by atoms with Crippen molar-refractivity contribution >= 4 is 63.7 Å². The minimum Gasteiger partial charge on any atom is -0.491 e. The highest BCUT2D eigenvalue weighted by Gasteiger charge is 2.29. The van der Waals surface area contributed by atoms with Gasteiger partial charge in [-0.3, -0.25) is 9.47 Å². The van der Waals surface area contributed by atoms with E-state index < -0.39 is 19.9 Å². The molecule has 15 heteroatoms. The molecule has 0 saturated heterocycles. The molecule has 296 valence electrons. The second-order valence-corrected chi connectivity index (χ2v) is 22.9. The van der Waals surface area contributed by atoms with Crippen molar-refractivity contribution in [1.82, 2.24) is 24.6 Å². The average Bonchev–Trinajstić information content (AvgIpc) is 3.82. The largest absolute Gasteiger partial charge is 0.491 e. The summed E-state index contributed by atoms with van der Waals surface area (Å²) in [6, 6.07) is 16.1. The molecule has 6 rings (SSSR count). The number of hydrogen-bond acceptors (Lipinski definition) is 12. The van der Waals surface area contributed by atoms with Gasteiger partial charge >= 0.3 is 5.97 Å². The van der Waals surface area contributed by atoms with Crippen LogP contribution in [-0.4, -0.2) is 86.2 Å². The van der Waals surface area contributed by atoms with Gasteiger partial charge in [0, 0.05) is 37.7 Å². The molecule has 0 amide bonds. The van der Waals surface area contributed by atoms with Gasteiger partial charge in [-0.15, -0.1) is 21.5 Å². The summed E-state index contributed by atoms with van der Waals surface area (Å²) in [4.78, 5) is 28.2. The van der Waals surface area contributed by atoms with E-state index in [4.69, 9.17) is 24.2 Å².